The van der Waals surface area contributed by atoms with E-state index in [-0.39, 0.29) is 11.4 Å². The molecule has 0 unspecified atom stereocenters. The topological polar surface area (TPSA) is 73.2 Å². The van der Waals surface area contributed by atoms with Gasteiger partial charge in [-0.15, -0.1) is 0 Å². The van der Waals surface area contributed by atoms with Crippen molar-refractivity contribution in [3.8, 4) is 5.69 Å². The monoisotopic (exact) mass is 305 g/mol. The Morgan fingerprint density at radius 1 is 1.27 bits per heavy atom. The standard InChI is InChI=1S/C15H16FN3O3/c1-15(2,14(21)22-3)17-13(20)11-8-9-19(18-11)12-7-5-4-6-10(12)16/h4-9H,1-3H3,(H,17,20). The first-order valence-corrected chi connectivity index (χ1v) is 6.56. The first kappa shape index (κ1) is 15.7. The number of carbonyl (C=O) groups is 2. The van der Waals surface area contributed by atoms with Crippen LogP contribution in [-0.2, 0) is 9.53 Å². The Morgan fingerprint density at radius 3 is 2.59 bits per heavy atom. The summed E-state index contributed by atoms with van der Waals surface area (Å²) in [6.45, 7) is 3.04. The number of esters is 1. The quantitative estimate of drug-likeness (QED) is 0.873. The van der Waals surface area contributed by atoms with Gasteiger partial charge in [-0.1, -0.05) is 12.1 Å². The highest BCUT2D eigenvalue weighted by Crippen LogP contribution is 2.13. The number of nitrogens with one attached hydrogen (secondary N) is 1. The van der Waals surface area contributed by atoms with E-state index in [9.17, 15) is 14.0 Å². The van der Waals surface area contributed by atoms with Crippen molar-refractivity contribution in [3.63, 3.8) is 0 Å². The summed E-state index contributed by atoms with van der Waals surface area (Å²) in [5.41, 5.74) is -0.887. The van der Waals surface area contributed by atoms with Crippen LogP contribution in [-0.4, -0.2) is 34.3 Å². The summed E-state index contributed by atoms with van der Waals surface area (Å²) >= 11 is 0. The van der Waals surface area contributed by atoms with Crippen molar-refractivity contribution in [2.45, 2.75) is 19.4 Å². The second kappa shape index (κ2) is 5.97. The highest BCUT2D eigenvalue weighted by molar-refractivity contribution is 5.96. The Morgan fingerprint density at radius 2 is 1.95 bits per heavy atom. The summed E-state index contributed by atoms with van der Waals surface area (Å²) in [5.74, 6) is -1.58. The smallest absolute Gasteiger partial charge is 0.330 e. The van der Waals surface area contributed by atoms with Crippen molar-refractivity contribution >= 4 is 11.9 Å². The minimum absolute atomic E-state index is 0.0697. The zero-order chi connectivity index (χ0) is 16.3. The molecule has 6 nitrogen and oxygen atoms in total. The zero-order valence-corrected chi connectivity index (χ0v) is 12.5. The summed E-state index contributed by atoms with van der Waals surface area (Å²) in [6, 6.07) is 7.52. The van der Waals surface area contributed by atoms with Gasteiger partial charge in [0.2, 0.25) is 0 Å². The fourth-order valence-corrected chi connectivity index (χ4v) is 1.87. The van der Waals surface area contributed by atoms with Gasteiger partial charge in [-0.25, -0.2) is 13.9 Å². The number of amides is 1. The van der Waals surface area contributed by atoms with Crippen molar-refractivity contribution < 1.29 is 18.7 Å². The van der Waals surface area contributed by atoms with Crippen LogP contribution in [0, 0.1) is 5.82 Å². The van der Waals surface area contributed by atoms with Crippen LogP contribution in [0.5, 0.6) is 0 Å². The van der Waals surface area contributed by atoms with Crippen LogP contribution >= 0.6 is 0 Å². The van der Waals surface area contributed by atoms with Crippen LogP contribution in [0.15, 0.2) is 36.5 Å². The number of hydrogen-bond acceptors (Lipinski definition) is 4. The van der Waals surface area contributed by atoms with Crippen LogP contribution in [0.2, 0.25) is 0 Å². The van der Waals surface area contributed by atoms with E-state index in [2.05, 4.69) is 15.2 Å². The molecule has 1 aromatic carbocycles. The number of aromatic nitrogens is 2. The average molecular weight is 305 g/mol. The molecule has 0 spiro atoms. The highest BCUT2D eigenvalue weighted by atomic mass is 19.1. The summed E-state index contributed by atoms with van der Waals surface area (Å²) in [7, 11) is 1.24. The predicted molar refractivity (Wildman–Crippen MR) is 77.1 cm³/mol. The van der Waals surface area contributed by atoms with Crippen molar-refractivity contribution in [1.29, 1.82) is 0 Å². The molecule has 1 amide bonds. The third-order valence-electron chi connectivity index (χ3n) is 3.04. The molecule has 0 aliphatic heterocycles. The highest BCUT2D eigenvalue weighted by Gasteiger charge is 2.31. The van der Waals surface area contributed by atoms with Crippen molar-refractivity contribution in [3.05, 3.63) is 48.0 Å². The van der Waals surface area contributed by atoms with Gasteiger partial charge < -0.3 is 10.1 Å². The lowest BCUT2D eigenvalue weighted by Crippen LogP contribution is -2.50. The van der Waals surface area contributed by atoms with Crippen LogP contribution < -0.4 is 5.32 Å². The lowest BCUT2D eigenvalue weighted by atomic mass is 10.1. The first-order valence-electron chi connectivity index (χ1n) is 6.56. The van der Waals surface area contributed by atoms with Gasteiger partial charge in [0.25, 0.3) is 5.91 Å². The number of rotatable bonds is 4. The van der Waals surface area contributed by atoms with E-state index in [4.69, 9.17) is 0 Å². The summed E-state index contributed by atoms with van der Waals surface area (Å²) < 4.78 is 19.6. The molecule has 116 valence electrons. The Labute approximate surface area is 126 Å². The fraction of sp³-hybridized carbons (Fsp3) is 0.267. The van der Waals surface area contributed by atoms with Gasteiger partial charge in [0.05, 0.1) is 7.11 Å². The molecule has 0 aliphatic carbocycles. The van der Waals surface area contributed by atoms with Crippen LogP contribution in [0.25, 0.3) is 5.69 Å². The van der Waals surface area contributed by atoms with E-state index in [1.54, 1.807) is 18.2 Å². The first-order chi connectivity index (χ1) is 10.3. The van der Waals surface area contributed by atoms with Crippen LogP contribution in [0.3, 0.4) is 0 Å². The fourth-order valence-electron chi connectivity index (χ4n) is 1.87. The normalized spacial score (nSPS) is 11.1. The third kappa shape index (κ3) is 3.13. The van der Waals surface area contributed by atoms with Gasteiger partial charge >= 0.3 is 5.97 Å². The van der Waals surface area contributed by atoms with Gasteiger partial charge in [0, 0.05) is 6.20 Å². The number of methoxy groups -OCH3 is 1. The molecule has 1 heterocycles. The number of para-hydroxylation sites is 1. The Bertz CT molecular complexity index is 710. The molecule has 22 heavy (non-hydrogen) atoms. The predicted octanol–water partition coefficient (Wildman–Crippen LogP) is 1.69. The second-order valence-electron chi connectivity index (χ2n) is 5.17. The number of carbonyl (C=O) groups excluding carboxylic acids is 2. The van der Waals surface area contributed by atoms with Crippen molar-refractivity contribution in [1.82, 2.24) is 15.1 Å². The molecule has 2 aromatic rings. The molecule has 2 rings (SSSR count). The summed E-state index contributed by atoms with van der Waals surface area (Å²) in [6.07, 6.45) is 1.47. The van der Waals surface area contributed by atoms with Gasteiger partial charge in [-0.05, 0) is 32.0 Å². The Hall–Kier alpha value is -2.70. The van der Waals surface area contributed by atoms with Crippen LogP contribution in [0.4, 0.5) is 4.39 Å². The van der Waals surface area contributed by atoms with Gasteiger partial charge in [0.1, 0.15) is 17.0 Å². The molecule has 0 atom stereocenters. The van der Waals surface area contributed by atoms with E-state index >= 15 is 0 Å². The number of ether oxygens (including phenoxy) is 1. The lowest BCUT2D eigenvalue weighted by molar-refractivity contribution is -0.146. The molecular formula is C15H16FN3O3. The largest absolute Gasteiger partial charge is 0.467 e. The number of nitrogens with zero attached hydrogens (tertiary/aromatic N) is 2. The maximum atomic E-state index is 13.7. The molecule has 0 bridgehead atoms. The Balaban J connectivity index is 2.20. The molecule has 1 aromatic heterocycles. The van der Waals surface area contributed by atoms with Crippen molar-refractivity contribution in [2.75, 3.05) is 7.11 Å². The molecule has 1 N–H and O–H groups in total. The molecule has 0 saturated carbocycles. The van der Waals surface area contributed by atoms with Crippen LogP contribution in [0.1, 0.15) is 24.3 Å². The second-order valence-corrected chi connectivity index (χ2v) is 5.17. The average Bonchev–Trinajstić information content (AvgIpc) is 2.96. The maximum absolute atomic E-state index is 13.7. The van der Waals surface area contributed by atoms with E-state index in [0.29, 0.717) is 0 Å². The maximum Gasteiger partial charge on any atom is 0.330 e. The minimum atomic E-state index is -1.19. The molecule has 0 fully saturated rings. The molecule has 0 aliphatic rings. The third-order valence-corrected chi connectivity index (χ3v) is 3.04. The van der Waals surface area contributed by atoms with E-state index in [1.807, 2.05) is 0 Å². The molecule has 0 radical (unpaired) electrons. The Kier molecular flexibility index (Phi) is 4.25. The summed E-state index contributed by atoms with van der Waals surface area (Å²) in [4.78, 5) is 23.7. The number of hydrogen-bond donors (Lipinski definition) is 1. The van der Waals surface area contributed by atoms with E-state index < -0.39 is 23.2 Å². The number of benzene rings is 1. The summed E-state index contributed by atoms with van der Waals surface area (Å²) in [5, 5.41) is 6.54. The SMILES string of the molecule is COC(=O)C(C)(C)NC(=O)c1ccn(-c2ccccc2F)n1. The van der Waals surface area contributed by atoms with E-state index in [1.165, 1.54) is 44.0 Å². The minimum Gasteiger partial charge on any atom is -0.467 e. The zero-order valence-electron chi connectivity index (χ0n) is 12.5. The van der Waals surface area contributed by atoms with E-state index in [0.717, 1.165) is 0 Å². The van der Waals surface area contributed by atoms with Gasteiger partial charge in [-0.2, -0.15) is 5.10 Å². The molecule has 0 saturated heterocycles. The van der Waals surface area contributed by atoms with Crippen molar-refractivity contribution in [2.24, 2.45) is 0 Å². The van der Waals surface area contributed by atoms with Gasteiger partial charge in [0.15, 0.2) is 5.69 Å². The molecule has 7 heteroatoms. The lowest BCUT2D eigenvalue weighted by Gasteiger charge is -2.22. The molecular weight excluding hydrogens is 289 g/mol. The van der Waals surface area contributed by atoms with Gasteiger partial charge in [-0.3, -0.25) is 4.79 Å². The number of halogens is 1.